The molecule has 5 nitrogen and oxygen atoms in total. The first-order chi connectivity index (χ1) is 14.1. The summed E-state index contributed by atoms with van der Waals surface area (Å²) < 4.78 is 0. The topological polar surface area (TPSA) is 67.2 Å². The summed E-state index contributed by atoms with van der Waals surface area (Å²) in [7, 11) is 0. The van der Waals surface area contributed by atoms with Gasteiger partial charge in [-0.1, -0.05) is 41.9 Å². The van der Waals surface area contributed by atoms with Crippen LogP contribution < -0.4 is 5.43 Å². The minimum Gasteiger partial charge on any atom is -0.267 e. The van der Waals surface area contributed by atoms with Gasteiger partial charge in [-0.2, -0.15) is 5.10 Å². The number of nitrogens with one attached hydrogen (secondary N) is 1. The molecule has 1 N–H and O–H groups in total. The van der Waals surface area contributed by atoms with E-state index in [1.807, 2.05) is 55.5 Å². The minimum atomic E-state index is -0.304. The Balaban J connectivity index is 1.69. The van der Waals surface area contributed by atoms with Crippen molar-refractivity contribution in [3.8, 4) is 11.3 Å². The Hall–Kier alpha value is -3.57. The van der Waals surface area contributed by atoms with Gasteiger partial charge in [-0.05, 0) is 48.9 Å². The van der Waals surface area contributed by atoms with E-state index in [2.05, 4.69) is 20.5 Å². The number of benzene rings is 2. The lowest BCUT2D eigenvalue weighted by Gasteiger charge is -2.09. The Labute approximate surface area is 173 Å². The maximum absolute atomic E-state index is 12.9. The molecule has 0 unspecified atom stereocenters. The number of para-hydroxylation sites is 1. The molecule has 1 amide bonds. The SMILES string of the molecule is CC(=NNC(=O)c1cc(-c2cccnc2)nc2ccccc12)c1ccc(Cl)cc1. The fourth-order valence-electron chi connectivity index (χ4n) is 2.98. The van der Waals surface area contributed by atoms with E-state index in [-0.39, 0.29) is 5.91 Å². The van der Waals surface area contributed by atoms with Crippen LogP contribution in [0.5, 0.6) is 0 Å². The van der Waals surface area contributed by atoms with E-state index in [1.165, 1.54) is 0 Å². The maximum Gasteiger partial charge on any atom is 0.272 e. The van der Waals surface area contributed by atoms with E-state index in [1.54, 1.807) is 30.6 Å². The standard InChI is InChI=1S/C23H17ClN4O/c1-15(16-8-10-18(24)11-9-16)27-28-23(29)20-13-22(17-5-4-12-25-14-17)26-21-7-3-2-6-19(20)21/h2-14H,1H3,(H,28,29). The van der Waals surface area contributed by atoms with E-state index in [0.717, 1.165) is 22.0 Å². The quantitative estimate of drug-likeness (QED) is 0.382. The molecule has 2 aromatic heterocycles. The smallest absolute Gasteiger partial charge is 0.267 e. The molecule has 2 aromatic carbocycles. The average molecular weight is 401 g/mol. The molecule has 0 aliphatic heterocycles. The highest BCUT2D eigenvalue weighted by Gasteiger charge is 2.14. The number of pyridine rings is 2. The number of hydrazone groups is 1. The van der Waals surface area contributed by atoms with Gasteiger partial charge in [0.2, 0.25) is 0 Å². The van der Waals surface area contributed by atoms with Crippen molar-refractivity contribution in [2.24, 2.45) is 5.10 Å². The number of amides is 1. The first-order valence-electron chi connectivity index (χ1n) is 9.02. The van der Waals surface area contributed by atoms with E-state index >= 15 is 0 Å². The van der Waals surface area contributed by atoms with Crippen molar-refractivity contribution in [3.05, 3.63) is 95.3 Å². The summed E-state index contributed by atoms with van der Waals surface area (Å²) in [6.07, 6.45) is 3.42. The minimum absolute atomic E-state index is 0.304. The van der Waals surface area contributed by atoms with Gasteiger partial charge in [-0.25, -0.2) is 10.4 Å². The van der Waals surface area contributed by atoms with Crippen molar-refractivity contribution < 1.29 is 4.79 Å². The summed E-state index contributed by atoms with van der Waals surface area (Å²) in [6, 6.07) is 20.3. The van der Waals surface area contributed by atoms with Crippen molar-refractivity contribution in [2.75, 3.05) is 0 Å². The average Bonchev–Trinajstić information content (AvgIpc) is 2.77. The Morgan fingerprint density at radius 2 is 1.83 bits per heavy atom. The lowest BCUT2D eigenvalue weighted by Crippen LogP contribution is -2.20. The number of nitrogens with zero attached hydrogens (tertiary/aromatic N) is 3. The summed E-state index contributed by atoms with van der Waals surface area (Å²) in [5, 5.41) is 5.66. The van der Waals surface area contributed by atoms with Crippen molar-refractivity contribution >= 4 is 34.1 Å². The Bertz CT molecular complexity index is 1200. The molecule has 0 atom stereocenters. The number of rotatable bonds is 4. The second kappa shape index (κ2) is 8.20. The maximum atomic E-state index is 12.9. The van der Waals surface area contributed by atoms with Gasteiger partial charge in [0.15, 0.2) is 0 Å². The van der Waals surface area contributed by atoms with E-state index in [9.17, 15) is 4.79 Å². The molecule has 4 rings (SSSR count). The van der Waals surface area contributed by atoms with Crippen LogP contribution in [-0.4, -0.2) is 21.6 Å². The van der Waals surface area contributed by atoms with Gasteiger partial charge < -0.3 is 0 Å². The molecule has 6 heteroatoms. The summed E-state index contributed by atoms with van der Waals surface area (Å²) in [6.45, 7) is 1.83. The monoisotopic (exact) mass is 400 g/mol. The van der Waals surface area contributed by atoms with E-state index in [0.29, 0.717) is 22.0 Å². The predicted octanol–water partition coefficient (Wildman–Crippen LogP) is 5.10. The predicted molar refractivity (Wildman–Crippen MR) is 116 cm³/mol. The lowest BCUT2D eigenvalue weighted by atomic mass is 10.0. The molecule has 0 bridgehead atoms. The molecule has 0 aliphatic rings. The van der Waals surface area contributed by atoms with Gasteiger partial charge in [0.05, 0.1) is 22.5 Å². The first kappa shape index (κ1) is 18.8. The van der Waals surface area contributed by atoms with Crippen LogP contribution in [0.15, 0.2) is 84.2 Å². The molecule has 2 heterocycles. The highest BCUT2D eigenvalue weighted by molar-refractivity contribution is 6.30. The first-order valence-corrected chi connectivity index (χ1v) is 9.40. The van der Waals surface area contributed by atoms with Gasteiger partial charge in [-0.15, -0.1) is 0 Å². The molecule has 0 saturated heterocycles. The van der Waals surface area contributed by atoms with Crippen LogP contribution in [0, 0.1) is 0 Å². The molecule has 0 fully saturated rings. The number of halogens is 1. The molecule has 29 heavy (non-hydrogen) atoms. The Kier molecular flexibility index (Phi) is 5.31. The van der Waals surface area contributed by atoms with Crippen molar-refractivity contribution in [1.82, 2.24) is 15.4 Å². The van der Waals surface area contributed by atoms with Crippen LogP contribution in [0.25, 0.3) is 22.2 Å². The van der Waals surface area contributed by atoms with Crippen LogP contribution in [-0.2, 0) is 0 Å². The van der Waals surface area contributed by atoms with Gasteiger partial charge in [-0.3, -0.25) is 9.78 Å². The Morgan fingerprint density at radius 3 is 2.59 bits per heavy atom. The van der Waals surface area contributed by atoms with Gasteiger partial charge in [0.25, 0.3) is 5.91 Å². The second-order valence-electron chi connectivity index (χ2n) is 6.46. The Morgan fingerprint density at radius 1 is 1.03 bits per heavy atom. The number of hydrogen-bond acceptors (Lipinski definition) is 4. The number of carbonyl (C=O) groups excluding carboxylic acids is 1. The molecule has 4 aromatic rings. The summed E-state index contributed by atoms with van der Waals surface area (Å²) in [5.74, 6) is -0.304. The lowest BCUT2D eigenvalue weighted by molar-refractivity contribution is 0.0956. The van der Waals surface area contributed by atoms with Crippen molar-refractivity contribution in [1.29, 1.82) is 0 Å². The summed E-state index contributed by atoms with van der Waals surface area (Å²) >= 11 is 5.92. The van der Waals surface area contributed by atoms with Crippen molar-refractivity contribution in [2.45, 2.75) is 6.92 Å². The zero-order valence-corrected chi connectivity index (χ0v) is 16.4. The summed E-state index contributed by atoms with van der Waals surface area (Å²) in [4.78, 5) is 21.8. The highest BCUT2D eigenvalue weighted by Crippen LogP contribution is 2.24. The fraction of sp³-hybridized carbons (Fsp3) is 0.0435. The van der Waals surface area contributed by atoms with Gasteiger partial charge in [0, 0.05) is 28.4 Å². The van der Waals surface area contributed by atoms with Crippen molar-refractivity contribution in [3.63, 3.8) is 0 Å². The summed E-state index contributed by atoms with van der Waals surface area (Å²) in [5.41, 5.74) is 6.97. The van der Waals surface area contributed by atoms with Crippen LogP contribution in [0.1, 0.15) is 22.8 Å². The fourth-order valence-corrected chi connectivity index (χ4v) is 3.10. The zero-order valence-electron chi connectivity index (χ0n) is 15.6. The van der Waals surface area contributed by atoms with Crippen LogP contribution in [0.2, 0.25) is 5.02 Å². The number of carbonyl (C=O) groups is 1. The molecule has 0 radical (unpaired) electrons. The van der Waals surface area contributed by atoms with Crippen LogP contribution in [0.4, 0.5) is 0 Å². The van der Waals surface area contributed by atoms with E-state index in [4.69, 9.17) is 11.6 Å². The van der Waals surface area contributed by atoms with Gasteiger partial charge >= 0.3 is 0 Å². The van der Waals surface area contributed by atoms with E-state index < -0.39 is 0 Å². The third-order valence-electron chi connectivity index (χ3n) is 4.51. The third-order valence-corrected chi connectivity index (χ3v) is 4.76. The number of fused-ring (bicyclic) bond motifs is 1. The largest absolute Gasteiger partial charge is 0.272 e. The third kappa shape index (κ3) is 4.15. The van der Waals surface area contributed by atoms with Crippen LogP contribution >= 0.6 is 11.6 Å². The van der Waals surface area contributed by atoms with Crippen LogP contribution in [0.3, 0.4) is 0 Å². The molecule has 0 aliphatic carbocycles. The highest BCUT2D eigenvalue weighted by atomic mass is 35.5. The number of aromatic nitrogens is 2. The second-order valence-corrected chi connectivity index (χ2v) is 6.90. The normalized spacial score (nSPS) is 11.4. The van der Waals surface area contributed by atoms with Gasteiger partial charge in [0.1, 0.15) is 0 Å². The molecular formula is C23H17ClN4O. The number of hydrogen-bond donors (Lipinski definition) is 1. The molecule has 0 spiro atoms. The zero-order chi connectivity index (χ0) is 20.2. The molecular weight excluding hydrogens is 384 g/mol. The molecule has 0 saturated carbocycles. The molecule has 142 valence electrons.